The normalized spacial score (nSPS) is 52.6. The summed E-state index contributed by atoms with van der Waals surface area (Å²) in [5.74, 6) is -2.37. The van der Waals surface area contributed by atoms with Crippen LogP contribution < -0.4 is 0 Å². The molecule has 5 rings (SSSR count). The van der Waals surface area contributed by atoms with Crippen LogP contribution in [-0.2, 0) is 19.2 Å². The Morgan fingerprint density at radius 2 is 1.56 bits per heavy atom. The van der Waals surface area contributed by atoms with Gasteiger partial charge in [0.2, 0.25) is 0 Å². The van der Waals surface area contributed by atoms with E-state index in [4.69, 9.17) is 56.0 Å². The van der Waals surface area contributed by atoms with E-state index >= 15 is 0 Å². The number of amides is 2. The number of hydroxylamine groups is 2. The third-order valence-electron chi connectivity index (χ3n) is 6.39. The number of imide groups is 1. The van der Waals surface area contributed by atoms with E-state index in [0.717, 1.165) is 5.06 Å². The molecule has 25 heavy (non-hydrogen) atoms. The fourth-order valence-corrected chi connectivity index (χ4v) is 7.59. The lowest BCUT2D eigenvalue weighted by Gasteiger charge is -2.40. The zero-order valence-corrected chi connectivity index (χ0v) is 16.2. The molecule has 136 valence electrons. The van der Waals surface area contributed by atoms with E-state index in [-0.39, 0.29) is 23.7 Å². The van der Waals surface area contributed by atoms with Gasteiger partial charge in [0.05, 0.1) is 50.5 Å². The van der Waals surface area contributed by atoms with E-state index in [1.165, 1.54) is 0 Å². The third-order valence-corrected chi connectivity index (χ3v) is 8.88. The van der Waals surface area contributed by atoms with Gasteiger partial charge in [-0.05, 0) is 12.8 Å². The topological polar surface area (TPSA) is 55.8 Å². The molecule has 0 spiro atoms. The smallest absolute Gasteiger partial charge is 0.260 e. The first-order valence-electron chi connectivity index (χ1n) is 8.37. The highest BCUT2D eigenvalue weighted by molar-refractivity contribution is 6.51. The molecular formula is C16H15Cl4NO4. The Hall–Kier alpha value is -0.0400. The lowest BCUT2D eigenvalue weighted by molar-refractivity contribution is -0.192. The van der Waals surface area contributed by atoms with Gasteiger partial charge in [-0.3, -0.25) is 14.4 Å². The first-order chi connectivity index (χ1) is 11.8. The van der Waals surface area contributed by atoms with Crippen molar-refractivity contribution in [1.29, 1.82) is 0 Å². The van der Waals surface area contributed by atoms with Crippen molar-refractivity contribution in [3.05, 3.63) is 10.1 Å². The van der Waals surface area contributed by atoms with Crippen LogP contribution in [-0.4, -0.2) is 45.4 Å². The highest BCUT2D eigenvalue weighted by Gasteiger charge is 2.82. The maximum Gasteiger partial charge on any atom is 0.260 e. The van der Waals surface area contributed by atoms with Crippen molar-refractivity contribution in [3.63, 3.8) is 0 Å². The summed E-state index contributed by atoms with van der Waals surface area (Å²) in [5.41, 5.74) is 0. The maximum atomic E-state index is 12.8. The first kappa shape index (κ1) is 17.1. The Balaban J connectivity index is 1.56. The van der Waals surface area contributed by atoms with E-state index in [2.05, 4.69) is 0 Å². The molecule has 9 heteroatoms. The van der Waals surface area contributed by atoms with Gasteiger partial charge in [-0.1, -0.05) is 30.1 Å². The number of ether oxygens (including phenoxy) is 1. The molecular weight excluding hydrogens is 412 g/mol. The van der Waals surface area contributed by atoms with Gasteiger partial charge in [-0.15, -0.1) is 23.2 Å². The van der Waals surface area contributed by atoms with Gasteiger partial charge in [0.1, 0.15) is 0 Å². The van der Waals surface area contributed by atoms with Gasteiger partial charge >= 0.3 is 0 Å². The number of carbonyl (C=O) groups is 2. The lowest BCUT2D eigenvalue weighted by atomic mass is 9.65. The van der Waals surface area contributed by atoms with Crippen molar-refractivity contribution in [2.75, 3.05) is 6.61 Å². The summed E-state index contributed by atoms with van der Waals surface area (Å²) in [6.07, 6.45) is 0.0995. The second-order valence-electron chi connectivity index (χ2n) is 7.50. The van der Waals surface area contributed by atoms with Crippen molar-refractivity contribution < 1.29 is 19.2 Å². The molecule has 3 saturated heterocycles. The Morgan fingerprint density at radius 1 is 1.08 bits per heavy atom. The summed E-state index contributed by atoms with van der Waals surface area (Å²) in [5, 5.41) is 1.59. The lowest BCUT2D eigenvalue weighted by Crippen LogP contribution is -2.50. The molecule has 8 atom stereocenters. The molecule has 1 saturated carbocycles. The minimum Gasteiger partial charge on any atom is -0.373 e. The van der Waals surface area contributed by atoms with Gasteiger partial charge < -0.3 is 4.74 Å². The van der Waals surface area contributed by atoms with Crippen molar-refractivity contribution in [3.8, 4) is 0 Å². The average Bonchev–Trinajstić information content (AvgIpc) is 3.29. The number of nitrogens with zero attached hydrogens (tertiary/aromatic N) is 1. The molecule has 0 aromatic rings. The van der Waals surface area contributed by atoms with Gasteiger partial charge in [0.25, 0.3) is 11.8 Å². The summed E-state index contributed by atoms with van der Waals surface area (Å²) in [6.45, 7) is 2.21. The Bertz CT molecular complexity index is 690. The van der Waals surface area contributed by atoms with Crippen LogP contribution in [0.25, 0.3) is 0 Å². The predicted molar refractivity (Wildman–Crippen MR) is 91.2 cm³/mol. The number of fused-ring (bicyclic) bond motifs is 12. The van der Waals surface area contributed by atoms with Crippen LogP contribution in [0.1, 0.15) is 19.8 Å². The highest BCUT2D eigenvalue weighted by atomic mass is 35.5. The fourth-order valence-electron chi connectivity index (χ4n) is 5.57. The first-order valence-corrected chi connectivity index (χ1v) is 9.88. The maximum absolute atomic E-state index is 12.8. The van der Waals surface area contributed by atoms with Crippen LogP contribution in [0.15, 0.2) is 10.1 Å². The SMILES string of the molecule is CCCON1C(=O)[C@@H]2[C@H]3O[C@@H]([C@@H]2C1=O)[C@@H]1[C@H]3[C@@]2(Cl)C[C@@]1(Cl)C(Cl)=C2Cl. The Kier molecular flexibility index (Phi) is 3.46. The summed E-state index contributed by atoms with van der Waals surface area (Å²) in [7, 11) is 0. The molecule has 0 aromatic carbocycles. The summed E-state index contributed by atoms with van der Waals surface area (Å²) in [6, 6.07) is 0. The van der Waals surface area contributed by atoms with E-state index in [1.807, 2.05) is 6.92 Å². The van der Waals surface area contributed by atoms with E-state index < -0.39 is 33.8 Å². The number of allylic oxidation sites excluding steroid dienone is 2. The van der Waals surface area contributed by atoms with E-state index in [0.29, 0.717) is 29.5 Å². The van der Waals surface area contributed by atoms with Crippen molar-refractivity contribution in [2.24, 2.45) is 23.7 Å². The molecule has 0 N–H and O–H groups in total. The predicted octanol–water partition coefficient (Wildman–Crippen LogP) is 3.00. The quantitative estimate of drug-likeness (QED) is 0.514. The van der Waals surface area contributed by atoms with Crippen LogP contribution in [0, 0.1) is 23.7 Å². The van der Waals surface area contributed by atoms with Crippen molar-refractivity contribution in [2.45, 2.75) is 41.7 Å². The van der Waals surface area contributed by atoms with Gasteiger partial charge in [0.15, 0.2) is 0 Å². The molecule has 2 aliphatic carbocycles. The van der Waals surface area contributed by atoms with Crippen molar-refractivity contribution >= 4 is 58.2 Å². The highest BCUT2D eigenvalue weighted by Crippen LogP contribution is 2.75. The molecule has 2 amide bonds. The van der Waals surface area contributed by atoms with Gasteiger partial charge in [-0.2, -0.15) is 5.06 Å². The molecule has 4 fully saturated rings. The Labute approximate surface area is 164 Å². The number of hydrogen-bond donors (Lipinski definition) is 0. The number of hydrogen-bond acceptors (Lipinski definition) is 4. The summed E-state index contributed by atoms with van der Waals surface area (Å²) in [4.78, 5) is 29.0. The molecule has 0 unspecified atom stereocenters. The molecule has 3 heterocycles. The van der Waals surface area contributed by atoms with Crippen LogP contribution in [0.3, 0.4) is 0 Å². The Morgan fingerprint density at radius 3 is 2.00 bits per heavy atom. The number of carbonyl (C=O) groups excluding carboxylic acids is 2. The molecule has 4 bridgehead atoms. The largest absolute Gasteiger partial charge is 0.373 e. The standard InChI is InChI=1S/C16H15Cl4NO4/c1-2-3-24-21-13(22)5-6(14(21)23)10-8-7(9(5)25-10)15(19)4-16(8,20)12(18)11(15)17/h5-10H,2-4H2,1H3/t5-,6+,7+,8-,9+,10-,15-,16-/m0/s1. The molecule has 3 aliphatic heterocycles. The van der Waals surface area contributed by atoms with Gasteiger partial charge in [0, 0.05) is 11.8 Å². The molecule has 5 nitrogen and oxygen atoms in total. The second-order valence-corrected chi connectivity index (χ2v) is 9.61. The van der Waals surface area contributed by atoms with Crippen molar-refractivity contribution in [1.82, 2.24) is 5.06 Å². The number of halogens is 4. The zero-order valence-electron chi connectivity index (χ0n) is 13.2. The minimum atomic E-state index is -0.934. The monoisotopic (exact) mass is 425 g/mol. The zero-order chi connectivity index (χ0) is 17.9. The van der Waals surface area contributed by atoms with Crippen LogP contribution in [0.4, 0.5) is 0 Å². The van der Waals surface area contributed by atoms with Crippen LogP contribution in [0.2, 0.25) is 0 Å². The van der Waals surface area contributed by atoms with Gasteiger partial charge in [-0.25, -0.2) is 0 Å². The van der Waals surface area contributed by atoms with Crippen LogP contribution >= 0.6 is 46.4 Å². The van der Waals surface area contributed by atoms with E-state index in [1.54, 1.807) is 0 Å². The number of rotatable bonds is 3. The second kappa shape index (κ2) is 5.06. The molecule has 0 aromatic heterocycles. The number of alkyl halides is 2. The molecule has 5 aliphatic rings. The van der Waals surface area contributed by atoms with E-state index in [9.17, 15) is 9.59 Å². The average molecular weight is 427 g/mol. The van der Waals surface area contributed by atoms with Crippen LogP contribution in [0.5, 0.6) is 0 Å². The third kappa shape index (κ3) is 1.72. The fraction of sp³-hybridized carbons (Fsp3) is 0.750. The summed E-state index contributed by atoms with van der Waals surface area (Å²) >= 11 is 26.5. The molecule has 0 radical (unpaired) electrons. The summed E-state index contributed by atoms with van der Waals surface area (Å²) < 4.78 is 6.07. The minimum absolute atomic E-state index is 0.240.